The second-order valence-electron chi connectivity index (χ2n) is 6.77. The number of amides is 1. The van der Waals surface area contributed by atoms with Gasteiger partial charge in [-0.05, 0) is 73.2 Å². The topological polar surface area (TPSA) is 32.3 Å². The zero-order valence-electron chi connectivity index (χ0n) is 14.4. The lowest BCUT2D eigenvalue weighted by Gasteiger charge is -2.15. The predicted octanol–water partition coefficient (Wildman–Crippen LogP) is 3.87. The maximum Gasteiger partial charge on any atom is 0.238 e. The summed E-state index contributed by atoms with van der Waals surface area (Å²) in [4.78, 5) is 14.5. The molecule has 0 aliphatic carbocycles. The van der Waals surface area contributed by atoms with Gasteiger partial charge in [0.1, 0.15) is 0 Å². The first-order valence-corrected chi connectivity index (χ1v) is 8.10. The van der Waals surface area contributed by atoms with Gasteiger partial charge in [0.2, 0.25) is 5.91 Å². The number of rotatable bonds is 3. The molecule has 1 heterocycles. The molecule has 3 rings (SSSR count). The van der Waals surface area contributed by atoms with Crippen LogP contribution in [0.15, 0.2) is 30.3 Å². The Bertz CT molecular complexity index is 713. The lowest BCUT2D eigenvalue weighted by molar-refractivity contribution is -0.117. The van der Waals surface area contributed by atoms with Crippen molar-refractivity contribution in [2.75, 3.05) is 11.9 Å². The molecule has 0 unspecified atom stereocenters. The van der Waals surface area contributed by atoms with Crippen LogP contribution in [-0.4, -0.2) is 17.4 Å². The lowest BCUT2D eigenvalue weighted by atomic mass is 10.0. The Hall–Kier alpha value is -2.13. The van der Waals surface area contributed by atoms with Crippen LogP contribution in [0.3, 0.4) is 0 Å². The highest BCUT2D eigenvalue weighted by Crippen LogP contribution is 2.25. The third kappa shape index (κ3) is 3.62. The number of fused-ring (bicyclic) bond motifs is 1. The van der Waals surface area contributed by atoms with E-state index in [1.54, 1.807) is 0 Å². The third-order valence-electron chi connectivity index (χ3n) is 4.48. The zero-order chi connectivity index (χ0) is 16.6. The summed E-state index contributed by atoms with van der Waals surface area (Å²) in [7, 11) is 0. The van der Waals surface area contributed by atoms with E-state index in [4.69, 9.17) is 0 Å². The Balaban J connectivity index is 1.63. The molecule has 0 saturated carbocycles. The summed E-state index contributed by atoms with van der Waals surface area (Å²) >= 11 is 0. The summed E-state index contributed by atoms with van der Waals surface area (Å²) in [6.07, 6.45) is 0. The fourth-order valence-corrected chi connectivity index (χ4v) is 3.33. The van der Waals surface area contributed by atoms with Gasteiger partial charge >= 0.3 is 0 Å². The molecular weight excluding hydrogens is 284 g/mol. The van der Waals surface area contributed by atoms with Crippen LogP contribution in [-0.2, 0) is 17.9 Å². The monoisotopic (exact) mass is 308 g/mol. The van der Waals surface area contributed by atoms with E-state index in [2.05, 4.69) is 42.3 Å². The molecule has 0 fully saturated rings. The van der Waals surface area contributed by atoms with Gasteiger partial charge in [-0.3, -0.25) is 9.69 Å². The summed E-state index contributed by atoms with van der Waals surface area (Å²) in [5, 5.41) is 3.02. The number of nitrogens with zero attached hydrogens (tertiary/aromatic N) is 1. The molecule has 3 nitrogen and oxygen atoms in total. The molecule has 2 aromatic rings. The number of carbonyl (C=O) groups excluding carboxylic acids is 1. The number of aryl methyl sites for hydroxylation is 4. The Morgan fingerprint density at radius 1 is 0.913 bits per heavy atom. The number of hydrogen-bond donors (Lipinski definition) is 1. The van der Waals surface area contributed by atoms with E-state index in [0.717, 1.165) is 18.8 Å². The molecule has 2 aromatic carbocycles. The summed E-state index contributed by atoms with van der Waals surface area (Å²) in [6, 6.07) is 10.6. The minimum Gasteiger partial charge on any atom is -0.325 e. The van der Waals surface area contributed by atoms with E-state index >= 15 is 0 Å². The van der Waals surface area contributed by atoms with Gasteiger partial charge in [0, 0.05) is 18.8 Å². The molecule has 23 heavy (non-hydrogen) atoms. The van der Waals surface area contributed by atoms with E-state index in [1.807, 2.05) is 26.0 Å². The number of hydrogen-bond acceptors (Lipinski definition) is 2. The van der Waals surface area contributed by atoms with Crippen molar-refractivity contribution in [3.63, 3.8) is 0 Å². The fraction of sp³-hybridized carbons (Fsp3) is 0.350. The second-order valence-corrected chi connectivity index (χ2v) is 6.77. The van der Waals surface area contributed by atoms with Crippen molar-refractivity contribution in [2.45, 2.75) is 40.8 Å². The highest BCUT2D eigenvalue weighted by molar-refractivity contribution is 5.92. The third-order valence-corrected chi connectivity index (χ3v) is 4.48. The van der Waals surface area contributed by atoms with Crippen LogP contribution in [0.25, 0.3) is 0 Å². The average molecular weight is 308 g/mol. The molecule has 1 aliphatic rings. The average Bonchev–Trinajstić information content (AvgIpc) is 2.78. The molecule has 1 N–H and O–H groups in total. The van der Waals surface area contributed by atoms with Crippen molar-refractivity contribution in [2.24, 2.45) is 0 Å². The molecule has 0 atom stereocenters. The predicted molar refractivity (Wildman–Crippen MR) is 94.6 cm³/mol. The summed E-state index contributed by atoms with van der Waals surface area (Å²) in [5.74, 6) is 0.0521. The van der Waals surface area contributed by atoms with Gasteiger partial charge in [-0.1, -0.05) is 18.2 Å². The first-order chi connectivity index (χ1) is 10.9. The van der Waals surface area contributed by atoms with Gasteiger partial charge in [0.25, 0.3) is 0 Å². The van der Waals surface area contributed by atoms with Gasteiger partial charge in [0.15, 0.2) is 0 Å². The molecule has 0 saturated heterocycles. The number of nitrogens with one attached hydrogen (secondary N) is 1. The first kappa shape index (κ1) is 15.8. The van der Waals surface area contributed by atoms with Crippen molar-refractivity contribution in [1.82, 2.24) is 4.90 Å². The van der Waals surface area contributed by atoms with Crippen LogP contribution < -0.4 is 5.32 Å². The molecule has 1 amide bonds. The maximum absolute atomic E-state index is 12.3. The largest absolute Gasteiger partial charge is 0.325 e. The molecule has 0 radical (unpaired) electrons. The van der Waals surface area contributed by atoms with Crippen molar-refractivity contribution >= 4 is 11.6 Å². The minimum atomic E-state index is 0.0521. The van der Waals surface area contributed by atoms with Gasteiger partial charge in [-0.25, -0.2) is 0 Å². The van der Waals surface area contributed by atoms with E-state index in [0.29, 0.717) is 6.54 Å². The van der Waals surface area contributed by atoms with E-state index in [-0.39, 0.29) is 5.91 Å². The number of benzene rings is 2. The van der Waals surface area contributed by atoms with Crippen molar-refractivity contribution in [1.29, 1.82) is 0 Å². The van der Waals surface area contributed by atoms with Crippen molar-refractivity contribution in [3.05, 3.63) is 63.7 Å². The van der Waals surface area contributed by atoms with E-state index in [1.165, 1.54) is 33.4 Å². The van der Waals surface area contributed by atoms with Crippen LogP contribution >= 0.6 is 0 Å². The van der Waals surface area contributed by atoms with Crippen LogP contribution in [0.2, 0.25) is 0 Å². The zero-order valence-corrected chi connectivity index (χ0v) is 14.4. The molecular formula is C20H24N2O. The van der Waals surface area contributed by atoms with E-state index < -0.39 is 0 Å². The van der Waals surface area contributed by atoms with Crippen molar-refractivity contribution < 1.29 is 4.79 Å². The summed E-state index contributed by atoms with van der Waals surface area (Å²) < 4.78 is 0. The number of anilines is 1. The van der Waals surface area contributed by atoms with Gasteiger partial charge in [0.05, 0.1) is 6.54 Å². The van der Waals surface area contributed by atoms with Crippen molar-refractivity contribution in [3.8, 4) is 0 Å². The molecule has 120 valence electrons. The normalized spacial score (nSPS) is 13.9. The summed E-state index contributed by atoms with van der Waals surface area (Å²) in [5.41, 5.74) is 8.57. The second kappa shape index (κ2) is 6.17. The van der Waals surface area contributed by atoms with Crippen LogP contribution in [0, 0.1) is 27.7 Å². The molecule has 3 heteroatoms. The van der Waals surface area contributed by atoms with Crippen LogP contribution in [0.5, 0.6) is 0 Å². The minimum absolute atomic E-state index is 0.0521. The Labute approximate surface area is 138 Å². The van der Waals surface area contributed by atoms with Crippen LogP contribution in [0.1, 0.15) is 33.4 Å². The highest BCUT2D eigenvalue weighted by atomic mass is 16.2. The lowest BCUT2D eigenvalue weighted by Crippen LogP contribution is -2.29. The maximum atomic E-state index is 12.3. The smallest absolute Gasteiger partial charge is 0.238 e. The summed E-state index contributed by atoms with van der Waals surface area (Å²) in [6.45, 7) is 10.5. The number of carbonyl (C=O) groups is 1. The molecule has 0 spiro atoms. The Kier molecular flexibility index (Phi) is 4.22. The standard InChI is InChI=1S/C20H24N2O/c1-13-5-14(2)7-19(6-13)21-20(23)12-22-10-17-8-15(3)16(4)9-18(17)11-22/h5-9H,10-12H2,1-4H3,(H,21,23). The fourth-order valence-electron chi connectivity index (χ4n) is 3.33. The van der Waals surface area contributed by atoms with Gasteiger partial charge < -0.3 is 5.32 Å². The highest BCUT2D eigenvalue weighted by Gasteiger charge is 2.21. The van der Waals surface area contributed by atoms with Gasteiger partial charge in [-0.2, -0.15) is 0 Å². The quantitative estimate of drug-likeness (QED) is 0.933. The molecule has 1 aliphatic heterocycles. The molecule has 0 aromatic heterocycles. The van der Waals surface area contributed by atoms with Crippen LogP contribution in [0.4, 0.5) is 5.69 Å². The Morgan fingerprint density at radius 3 is 1.96 bits per heavy atom. The molecule has 0 bridgehead atoms. The van der Waals surface area contributed by atoms with Gasteiger partial charge in [-0.15, -0.1) is 0 Å². The first-order valence-electron chi connectivity index (χ1n) is 8.10. The SMILES string of the molecule is Cc1cc(C)cc(NC(=O)CN2Cc3cc(C)c(C)cc3C2)c1. The van der Waals surface area contributed by atoms with E-state index in [9.17, 15) is 4.79 Å². The Morgan fingerprint density at radius 2 is 1.43 bits per heavy atom.